The molecule has 2 aromatic carbocycles. The Hall–Kier alpha value is -2.34. The molecule has 2 rings (SSSR count). The quantitative estimate of drug-likeness (QED) is 0.500. The summed E-state index contributed by atoms with van der Waals surface area (Å²) in [7, 11) is 0. The zero-order valence-corrected chi connectivity index (χ0v) is 11.9. The van der Waals surface area contributed by atoms with Gasteiger partial charge in [0.2, 0.25) is 0 Å². The Labute approximate surface area is 125 Å². The highest BCUT2D eigenvalue weighted by molar-refractivity contribution is 7.99. The molecule has 6 heteroatoms. The molecule has 0 fully saturated rings. The van der Waals surface area contributed by atoms with E-state index in [2.05, 4.69) is 0 Å². The number of nitro groups is 1. The van der Waals surface area contributed by atoms with Crippen LogP contribution in [0.1, 0.15) is 15.9 Å². The van der Waals surface area contributed by atoms with Crippen molar-refractivity contribution in [3.63, 3.8) is 0 Å². The summed E-state index contributed by atoms with van der Waals surface area (Å²) in [5.74, 6) is -0.261. The summed E-state index contributed by atoms with van der Waals surface area (Å²) in [4.78, 5) is 22.2. The van der Waals surface area contributed by atoms with Crippen molar-refractivity contribution >= 4 is 23.4 Å². The first-order valence-electron chi connectivity index (χ1n) is 6.26. The summed E-state index contributed by atoms with van der Waals surface area (Å²) in [5.41, 5.74) is 1.09. The zero-order chi connectivity index (χ0) is 15.2. The Morgan fingerprint density at radius 2 is 1.81 bits per heavy atom. The first-order chi connectivity index (χ1) is 10.1. The van der Waals surface area contributed by atoms with E-state index in [0.717, 1.165) is 4.90 Å². The van der Waals surface area contributed by atoms with Crippen LogP contribution in [0, 0.1) is 10.1 Å². The molecule has 0 amide bonds. The fourth-order valence-electron chi connectivity index (χ4n) is 1.87. The van der Waals surface area contributed by atoms with Crippen molar-refractivity contribution in [2.24, 2.45) is 0 Å². The Morgan fingerprint density at radius 3 is 2.43 bits per heavy atom. The third-order valence-corrected chi connectivity index (χ3v) is 3.94. The van der Waals surface area contributed by atoms with Gasteiger partial charge >= 0.3 is 5.97 Å². The Kier molecular flexibility index (Phi) is 4.94. The van der Waals surface area contributed by atoms with Crippen LogP contribution in [0.5, 0.6) is 0 Å². The summed E-state index contributed by atoms with van der Waals surface area (Å²) in [6.07, 6.45) is 0.586. The van der Waals surface area contributed by atoms with Crippen molar-refractivity contribution in [1.29, 1.82) is 0 Å². The molecular weight excluding hydrogens is 290 g/mol. The molecular formula is C15H13NO4S. The molecule has 0 saturated heterocycles. The Balaban J connectivity index is 1.95. The number of carboxylic acids is 1. The topological polar surface area (TPSA) is 80.4 Å². The lowest BCUT2D eigenvalue weighted by atomic mass is 10.1. The third-order valence-electron chi connectivity index (χ3n) is 2.93. The van der Waals surface area contributed by atoms with Crippen LogP contribution in [0.4, 0.5) is 5.69 Å². The van der Waals surface area contributed by atoms with Gasteiger partial charge in [-0.1, -0.05) is 18.2 Å². The van der Waals surface area contributed by atoms with Crippen molar-refractivity contribution in [2.75, 3.05) is 5.75 Å². The number of hydrogen-bond acceptors (Lipinski definition) is 4. The lowest BCUT2D eigenvalue weighted by molar-refractivity contribution is -0.385. The Morgan fingerprint density at radius 1 is 1.14 bits per heavy atom. The number of aryl methyl sites for hydroxylation is 1. The maximum Gasteiger partial charge on any atom is 0.335 e. The van der Waals surface area contributed by atoms with Gasteiger partial charge in [-0.2, -0.15) is 0 Å². The standard InChI is InChI=1S/C15H13NO4S/c17-15(18)12-5-7-13(8-6-12)21-10-9-11-3-1-2-4-14(11)16(19)20/h1-8H,9-10H2,(H,17,18). The van der Waals surface area contributed by atoms with Gasteiger partial charge in [0.05, 0.1) is 10.5 Å². The molecule has 0 spiro atoms. The van der Waals surface area contributed by atoms with E-state index in [1.807, 2.05) is 0 Å². The minimum atomic E-state index is -0.952. The van der Waals surface area contributed by atoms with Crippen LogP contribution >= 0.6 is 11.8 Å². The van der Waals surface area contributed by atoms with Gasteiger partial charge < -0.3 is 5.11 Å². The average Bonchev–Trinajstić information content (AvgIpc) is 2.48. The van der Waals surface area contributed by atoms with Gasteiger partial charge in [-0.3, -0.25) is 10.1 Å². The van der Waals surface area contributed by atoms with Crippen LogP contribution in [0.25, 0.3) is 0 Å². The van der Waals surface area contributed by atoms with Crippen molar-refractivity contribution < 1.29 is 14.8 Å². The van der Waals surface area contributed by atoms with Gasteiger partial charge in [0, 0.05) is 22.3 Å². The van der Waals surface area contributed by atoms with Crippen LogP contribution in [0.2, 0.25) is 0 Å². The van der Waals surface area contributed by atoms with Crippen LogP contribution < -0.4 is 0 Å². The SMILES string of the molecule is O=C(O)c1ccc(SCCc2ccccc2[N+](=O)[O-])cc1. The lowest BCUT2D eigenvalue weighted by Crippen LogP contribution is -1.97. The van der Waals surface area contributed by atoms with Gasteiger partial charge in [-0.05, 0) is 30.7 Å². The molecule has 21 heavy (non-hydrogen) atoms. The summed E-state index contributed by atoms with van der Waals surface area (Å²) >= 11 is 1.54. The van der Waals surface area contributed by atoms with Crippen molar-refractivity contribution in [3.8, 4) is 0 Å². The number of rotatable bonds is 6. The van der Waals surface area contributed by atoms with Crippen LogP contribution in [-0.2, 0) is 6.42 Å². The summed E-state index contributed by atoms with van der Waals surface area (Å²) in [6.45, 7) is 0. The largest absolute Gasteiger partial charge is 0.478 e. The molecule has 0 aromatic heterocycles. The highest BCUT2D eigenvalue weighted by Gasteiger charge is 2.11. The number of thioether (sulfide) groups is 1. The van der Waals surface area contributed by atoms with E-state index in [4.69, 9.17) is 5.11 Å². The molecule has 0 saturated carbocycles. The summed E-state index contributed by atoms with van der Waals surface area (Å²) in [6, 6.07) is 13.3. The van der Waals surface area contributed by atoms with Gasteiger partial charge in [-0.25, -0.2) is 4.79 Å². The second-order valence-corrected chi connectivity index (χ2v) is 5.48. The number of nitro benzene ring substituents is 1. The summed E-state index contributed by atoms with van der Waals surface area (Å²) in [5, 5.41) is 19.7. The Bertz CT molecular complexity index is 655. The number of nitrogens with zero attached hydrogens (tertiary/aromatic N) is 1. The monoisotopic (exact) mass is 303 g/mol. The molecule has 0 unspecified atom stereocenters. The van der Waals surface area contributed by atoms with Gasteiger partial charge in [-0.15, -0.1) is 11.8 Å². The van der Waals surface area contributed by atoms with E-state index in [0.29, 0.717) is 17.7 Å². The molecule has 0 aliphatic heterocycles. The normalized spacial score (nSPS) is 10.3. The minimum absolute atomic E-state index is 0.138. The molecule has 0 aliphatic carbocycles. The minimum Gasteiger partial charge on any atom is -0.478 e. The molecule has 0 atom stereocenters. The molecule has 2 aromatic rings. The molecule has 0 bridgehead atoms. The third kappa shape index (κ3) is 4.06. The van der Waals surface area contributed by atoms with Crippen molar-refractivity contribution in [3.05, 3.63) is 69.8 Å². The second kappa shape index (κ2) is 6.90. The highest BCUT2D eigenvalue weighted by atomic mass is 32.2. The molecule has 0 aliphatic rings. The average molecular weight is 303 g/mol. The molecule has 5 nitrogen and oxygen atoms in total. The predicted molar refractivity (Wildman–Crippen MR) is 80.9 cm³/mol. The molecule has 108 valence electrons. The molecule has 1 N–H and O–H groups in total. The van der Waals surface area contributed by atoms with E-state index >= 15 is 0 Å². The van der Waals surface area contributed by atoms with E-state index in [9.17, 15) is 14.9 Å². The fraction of sp³-hybridized carbons (Fsp3) is 0.133. The first-order valence-corrected chi connectivity index (χ1v) is 7.25. The molecule has 0 radical (unpaired) electrons. The highest BCUT2D eigenvalue weighted by Crippen LogP contribution is 2.23. The number of benzene rings is 2. The lowest BCUT2D eigenvalue weighted by Gasteiger charge is -2.04. The van der Waals surface area contributed by atoms with Gasteiger partial charge in [0.15, 0.2) is 0 Å². The number of carbonyl (C=O) groups is 1. The maximum absolute atomic E-state index is 10.9. The van der Waals surface area contributed by atoms with Crippen molar-refractivity contribution in [2.45, 2.75) is 11.3 Å². The van der Waals surface area contributed by atoms with E-state index in [1.165, 1.54) is 6.07 Å². The number of hydrogen-bond donors (Lipinski definition) is 1. The number of para-hydroxylation sites is 1. The maximum atomic E-state index is 10.9. The van der Waals surface area contributed by atoms with Crippen LogP contribution in [0.15, 0.2) is 53.4 Å². The first kappa shape index (κ1) is 15.1. The van der Waals surface area contributed by atoms with Gasteiger partial charge in [0.25, 0.3) is 5.69 Å². The second-order valence-electron chi connectivity index (χ2n) is 4.31. The van der Waals surface area contributed by atoms with Gasteiger partial charge in [0.1, 0.15) is 0 Å². The van der Waals surface area contributed by atoms with E-state index in [1.54, 1.807) is 54.2 Å². The predicted octanol–water partition coefficient (Wildman–Crippen LogP) is 3.63. The smallest absolute Gasteiger partial charge is 0.335 e. The van der Waals surface area contributed by atoms with Crippen LogP contribution in [0.3, 0.4) is 0 Å². The van der Waals surface area contributed by atoms with Crippen molar-refractivity contribution in [1.82, 2.24) is 0 Å². The van der Waals surface area contributed by atoms with E-state index < -0.39 is 5.97 Å². The fourth-order valence-corrected chi connectivity index (χ4v) is 2.76. The zero-order valence-electron chi connectivity index (χ0n) is 11.1. The molecule has 0 heterocycles. The number of aromatic carboxylic acids is 1. The summed E-state index contributed by atoms with van der Waals surface area (Å²) < 4.78 is 0. The van der Waals surface area contributed by atoms with Crippen LogP contribution in [-0.4, -0.2) is 21.8 Å². The van der Waals surface area contributed by atoms with E-state index in [-0.39, 0.29) is 16.2 Å². The number of carboxylic acid groups (broad SMARTS) is 1.